The van der Waals surface area contributed by atoms with Crippen molar-refractivity contribution < 1.29 is 14.6 Å². The van der Waals surface area contributed by atoms with Gasteiger partial charge in [-0.05, 0) is 13.3 Å². The molecule has 0 amide bonds. The fourth-order valence-corrected chi connectivity index (χ4v) is 1.08. The summed E-state index contributed by atoms with van der Waals surface area (Å²) in [7, 11) is 0. The second kappa shape index (κ2) is 3.40. The molecular weight excluding hydrogens is 144 g/mol. The topological polar surface area (TPSA) is 46.5 Å². The first kappa shape index (κ1) is 8.09. The molecule has 1 rings (SSSR count). The van der Waals surface area contributed by atoms with Gasteiger partial charge in [0.2, 0.25) is 0 Å². The summed E-state index contributed by atoms with van der Waals surface area (Å²) in [5.74, 6) is 3.80. The van der Waals surface area contributed by atoms with Gasteiger partial charge in [0.05, 0.1) is 6.10 Å². The van der Waals surface area contributed by atoms with Gasteiger partial charge < -0.3 is 9.84 Å². The molecule has 3 heteroatoms. The predicted molar refractivity (Wildman–Crippen MR) is 38.9 cm³/mol. The number of rotatable bonds is 0. The van der Waals surface area contributed by atoms with Gasteiger partial charge in [0.1, 0.15) is 0 Å². The predicted octanol–water partition coefficient (Wildman–Crippen LogP) is 0.499. The Hall–Kier alpha value is -1.01. The number of hydrogen-bond donors (Lipinski definition) is 1. The summed E-state index contributed by atoms with van der Waals surface area (Å²) < 4.78 is 5.20. The molecule has 2 unspecified atom stereocenters. The molecule has 1 N–H and O–H groups in total. The molecule has 0 radical (unpaired) electrons. The molecule has 60 valence electrons. The van der Waals surface area contributed by atoms with Crippen molar-refractivity contribution >= 4 is 5.97 Å². The minimum atomic E-state index is -1.07. The van der Waals surface area contributed by atoms with Gasteiger partial charge in [0.25, 0.3) is 0 Å². The first-order valence-electron chi connectivity index (χ1n) is 3.56. The molecule has 0 saturated carbocycles. The normalized spacial score (nSPS) is 29.2. The van der Waals surface area contributed by atoms with Crippen molar-refractivity contribution in [1.29, 1.82) is 0 Å². The molecule has 0 bridgehead atoms. The third-order valence-corrected chi connectivity index (χ3v) is 1.74. The molecule has 1 aliphatic heterocycles. The summed E-state index contributed by atoms with van der Waals surface area (Å²) in [4.78, 5) is 10.0. The van der Waals surface area contributed by atoms with Gasteiger partial charge in [-0.1, -0.05) is 5.92 Å². The van der Waals surface area contributed by atoms with Crippen LogP contribution in [0.5, 0.6) is 0 Å². The lowest BCUT2D eigenvalue weighted by molar-refractivity contribution is -0.130. The van der Waals surface area contributed by atoms with E-state index in [-0.39, 0.29) is 12.0 Å². The monoisotopic (exact) mass is 154 g/mol. The van der Waals surface area contributed by atoms with Gasteiger partial charge in [-0.3, -0.25) is 0 Å². The number of carboxylic acids is 1. The Morgan fingerprint density at radius 3 is 2.91 bits per heavy atom. The van der Waals surface area contributed by atoms with Crippen LogP contribution in [0.2, 0.25) is 0 Å². The quantitative estimate of drug-likeness (QED) is 0.517. The number of carbonyl (C=O) groups is 1. The largest absolute Gasteiger partial charge is 0.472 e. The van der Waals surface area contributed by atoms with E-state index in [1.165, 1.54) is 0 Å². The van der Waals surface area contributed by atoms with E-state index in [9.17, 15) is 4.79 Å². The highest BCUT2D eigenvalue weighted by molar-refractivity contribution is 5.86. The molecule has 1 heterocycles. The maximum absolute atomic E-state index is 10.0. The van der Waals surface area contributed by atoms with Crippen molar-refractivity contribution in [3.8, 4) is 11.8 Å². The maximum atomic E-state index is 10.0. The summed E-state index contributed by atoms with van der Waals surface area (Å²) >= 11 is 0. The van der Waals surface area contributed by atoms with Crippen molar-refractivity contribution in [2.45, 2.75) is 19.4 Å². The molecule has 0 spiro atoms. The number of ether oxygens (including phenoxy) is 1. The van der Waals surface area contributed by atoms with Crippen LogP contribution in [0.4, 0.5) is 0 Å². The minimum absolute atomic E-state index is 0.0850. The van der Waals surface area contributed by atoms with Gasteiger partial charge >= 0.3 is 5.97 Å². The highest BCUT2D eigenvalue weighted by Crippen LogP contribution is 2.18. The van der Waals surface area contributed by atoms with Crippen molar-refractivity contribution in [3.63, 3.8) is 0 Å². The van der Waals surface area contributed by atoms with Crippen molar-refractivity contribution in [3.05, 3.63) is 0 Å². The van der Waals surface area contributed by atoms with Crippen LogP contribution in [0.15, 0.2) is 0 Å². The number of carboxylic acid groups (broad SMARTS) is 1. The Balaban J connectivity index is 2.50. The van der Waals surface area contributed by atoms with Crippen LogP contribution in [0.3, 0.4) is 0 Å². The molecule has 11 heavy (non-hydrogen) atoms. The zero-order valence-corrected chi connectivity index (χ0v) is 6.33. The summed E-state index contributed by atoms with van der Waals surface area (Å²) in [6, 6.07) is 0. The second-order valence-electron chi connectivity index (χ2n) is 2.55. The van der Waals surface area contributed by atoms with Crippen LogP contribution in [-0.2, 0) is 9.53 Å². The highest BCUT2D eigenvalue weighted by atomic mass is 16.5. The van der Waals surface area contributed by atoms with E-state index in [1.807, 2.05) is 6.92 Å². The third kappa shape index (κ3) is 2.24. The van der Waals surface area contributed by atoms with Crippen molar-refractivity contribution in [2.24, 2.45) is 5.92 Å². The molecule has 2 atom stereocenters. The summed E-state index contributed by atoms with van der Waals surface area (Å²) in [5, 5.41) is 8.25. The molecule has 1 aliphatic rings. The molecule has 3 nitrogen and oxygen atoms in total. The molecule has 0 aromatic carbocycles. The van der Waals surface area contributed by atoms with Gasteiger partial charge in [0.15, 0.2) is 0 Å². The number of hydrogen-bond acceptors (Lipinski definition) is 2. The van der Waals surface area contributed by atoms with Crippen LogP contribution in [-0.4, -0.2) is 23.8 Å². The van der Waals surface area contributed by atoms with Crippen LogP contribution >= 0.6 is 0 Å². The van der Waals surface area contributed by atoms with Crippen molar-refractivity contribution in [2.75, 3.05) is 6.61 Å². The smallest absolute Gasteiger partial charge is 0.381 e. The van der Waals surface area contributed by atoms with E-state index in [1.54, 1.807) is 0 Å². The summed E-state index contributed by atoms with van der Waals surface area (Å²) in [6.45, 7) is 2.61. The SMILES string of the molecule is CC1OCCC1C#CC(=O)O. The lowest BCUT2D eigenvalue weighted by Gasteiger charge is -2.04. The van der Waals surface area contributed by atoms with Crippen LogP contribution < -0.4 is 0 Å². The van der Waals surface area contributed by atoms with E-state index in [2.05, 4.69) is 11.8 Å². The van der Waals surface area contributed by atoms with E-state index in [4.69, 9.17) is 9.84 Å². The Morgan fingerprint density at radius 1 is 1.73 bits per heavy atom. The van der Waals surface area contributed by atoms with Crippen LogP contribution in [0.1, 0.15) is 13.3 Å². The van der Waals surface area contributed by atoms with E-state index in [0.29, 0.717) is 6.61 Å². The average molecular weight is 154 g/mol. The molecule has 0 aromatic rings. The molecule has 0 aliphatic carbocycles. The summed E-state index contributed by atoms with van der Waals surface area (Å²) in [5.41, 5.74) is 0. The maximum Gasteiger partial charge on any atom is 0.381 e. The van der Waals surface area contributed by atoms with E-state index >= 15 is 0 Å². The molecule has 0 aromatic heterocycles. The van der Waals surface area contributed by atoms with Crippen LogP contribution in [0, 0.1) is 17.8 Å². The average Bonchev–Trinajstić information content (AvgIpc) is 2.31. The molecule has 1 fully saturated rings. The van der Waals surface area contributed by atoms with E-state index in [0.717, 1.165) is 6.42 Å². The van der Waals surface area contributed by atoms with E-state index < -0.39 is 5.97 Å². The van der Waals surface area contributed by atoms with Gasteiger partial charge in [-0.25, -0.2) is 4.79 Å². The summed E-state index contributed by atoms with van der Waals surface area (Å²) in [6.07, 6.45) is 0.934. The highest BCUT2D eigenvalue weighted by Gasteiger charge is 2.21. The molecular formula is C8H10O3. The standard InChI is InChI=1S/C8H10O3/c1-6-7(4-5-11-6)2-3-8(9)10/h6-7H,4-5H2,1H3,(H,9,10). The third-order valence-electron chi connectivity index (χ3n) is 1.74. The Bertz CT molecular complexity index is 211. The van der Waals surface area contributed by atoms with Crippen LogP contribution in [0.25, 0.3) is 0 Å². The Labute approximate surface area is 65.4 Å². The lowest BCUT2D eigenvalue weighted by atomic mass is 10.0. The first-order chi connectivity index (χ1) is 5.20. The molecule has 1 saturated heterocycles. The zero-order valence-electron chi connectivity index (χ0n) is 6.33. The van der Waals surface area contributed by atoms with Gasteiger partial charge in [-0.15, -0.1) is 0 Å². The van der Waals surface area contributed by atoms with Gasteiger partial charge in [-0.2, -0.15) is 0 Å². The second-order valence-corrected chi connectivity index (χ2v) is 2.55. The minimum Gasteiger partial charge on any atom is -0.472 e. The number of aliphatic carboxylic acids is 1. The Kier molecular flexibility index (Phi) is 2.50. The first-order valence-corrected chi connectivity index (χ1v) is 3.56. The Morgan fingerprint density at radius 2 is 2.45 bits per heavy atom. The van der Waals surface area contributed by atoms with Crippen molar-refractivity contribution in [1.82, 2.24) is 0 Å². The van der Waals surface area contributed by atoms with Gasteiger partial charge in [0, 0.05) is 18.4 Å². The zero-order chi connectivity index (χ0) is 8.27. The fourth-order valence-electron chi connectivity index (χ4n) is 1.08. The lowest BCUT2D eigenvalue weighted by Crippen LogP contribution is -2.09. The fraction of sp³-hybridized carbons (Fsp3) is 0.625.